The summed E-state index contributed by atoms with van der Waals surface area (Å²) < 4.78 is 0. The molecule has 0 heterocycles. The number of carbonyl (C=O) groups excluding carboxylic acids is 1. The van der Waals surface area contributed by atoms with Gasteiger partial charge in [-0.15, -0.1) is 0 Å². The van der Waals surface area contributed by atoms with E-state index in [2.05, 4.69) is 4.99 Å². The first-order valence-corrected chi connectivity index (χ1v) is 6.05. The normalized spacial score (nSPS) is 17.1. The van der Waals surface area contributed by atoms with Gasteiger partial charge in [-0.2, -0.15) is 4.99 Å². The summed E-state index contributed by atoms with van der Waals surface area (Å²) in [6.07, 6.45) is 5.37. The summed E-state index contributed by atoms with van der Waals surface area (Å²) >= 11 is 0. The van der Waals surface area contributed by atoms with Gasteiger partial charge in [0.15, 0.2) is 0 Å². The Kier molecular flexibility index (Phi) is 3.03. The van der Waals surface area contributed by atoms with Gasteiger partial charge in [0.05, 0.1) is 5.54 Å². The predicted molar refractivity (Wildman–Crippen MR) is 65.9 cm³/mol. The zero-order valence-electron chi connectivity index (χ0n) is 10.3. The van der Waals surface area contributed by atoms with E-state index in [-0.39, 0.29) is 5.54 Å². The number of aryl methyl sites for hydroxylation is 2. The molecule has 1 saturated carbocycles. The minimum atomic E-state index is -0.372. The number of hydrogen-bond donors (Lipinski definition) is 1. The van der Waals surface area contributed by atoms with Crippen molar-refractivity contribution in [2.24, 2.45) is 4.99 Å². The van der Waals surface area contributed by atoms with Crippen LogP contribution in [0.1, 0.15) is 42.9 Å². The summed E-state index contributed by atoms with van der Waals surface area (Å²) in [5.41, 5.74) is 2.61. The molecule has 1 N–H and O–H groups in total. The molecule has 17 heavy (non-hydrogen) atoms. The predicted octanol–water partition coefficient (Wildman–Crippen LogP) is 2.98. The van der Waals surface area contributed by atoms with Gasteiger partial charge in [0.2, 0.25) is 6.08 Å². The molecule has 0 radical (unpaired) electrons. The van der Waals surface area contributed by atoms with E-state index in [0.29, 0.717) is 5.75 Å². The minimum absolute atomic E-state index is 0.332. The highest BCUT2D eigenvalue weighted by Crippen LogP contribution is 2.46. The Morgan fingerprint density at radius 2 is 2.18 bits per heavy atom. The van der Waals surface area contributed by atoms with E-state index in [1.54, 1.807) is 12.1 Å². The molecule has 1 aromatic carbocycles. The van der Waals surface area contributed by atoms with E-state index < -0.39 is 0 Å². The van der Waals surface area contributed by atoms with Crippen molar-refractivity contribution in [1.82, 2.24) is 0 Å². The maximum Gasteiger partial charge on any atom is 0.235 e. The highest BCUT2D eigenvalue weighted by Gasteiger charge is 2.40. The highest BCUT2D eigenvalue weighted by molar-refractivity contribution is 5.47. The zero-order chi connectivity index (χ0) is 12.5. The van der Waals surface area contributed by atoms with Crippen LogP contribution in [0.3, 0.4) is 0 Å². The lowest BCUT2D eigenvalue weighted by atomic mass is 9.70. The van der Waals surface area contributed by atoms with E-state index in [9.17, 15) is 9.90 Å². The number of isocyanates is 1. The minimum Gasteiger partial charge on any atom is -0.508 e. The fraction of sp³-hybridized carbons (Fsp3) is 0.500. The van der Waals surface area contributed by atoms with E-state index in [4.69, 9.17) is 0 Å². The average Bonchev–Trinajstić information content (AvgIpc) is 2.24. The number of rotatable bonds is 3. The molecule has 3 heteroatoms. The van der Waals surface area contributed by atoms with E-state index in [1.165, 1.54) is 0 Å². The van der Waals surface area contributed by atoms with Crippen molar-refractivity contribution in [1.29, 1.82) is 0 Å². The molecule has 2 rings (SSSR count). The summed E-state index contributed by atoms with van der Waals surface area (Å²) in [6.45, 7) is 3.96. The van der Waals surface area contributed by atoms with Crippen molar-refractivity contribution in [3.63, 3.8) is 0 Å². The van der Waals surface area contributed by atoms with Gasteiger partial charge < -0.3 is 5.11 Å². The fourth-order valence-corrected chi connectivity index (χ4v) is 2.56. The molecule has 90 valence electrons. The third kappa shape index (κ3) is 1.87. The molecule has 1 aromatic rings. The van der Waals surface area contributed by atoms with Crippen LogP contribution >= 0.6 is 0 Å². The molecular formula is C14H17NO2. The zero-order valence-corrected chi connectivity index (χ0v) is 10.3. The van der Waals surface area contributed by atoms with E-state index in [0.717, 1.165) is 42.4 Å². The highest BCUT2D eigenvalue weighted by atomic mass is 16.3. The lowest BCUT2D eigenvalue weighted by Gasteiger charge is -2.38. The van der Waals surface area contributed by atoms with Crippen molar-refractivity contribution in [3.8, 4) is 5.75 Å². The number of phenolic OH excluding ortho intramolecular Hbond substituents is 1. The number of benzene rings is 1. The van der Waals surface area contributed by atoms with Gasteiger partial charge in [0.1, 0.15) is 5.75 Å². The molecule has 1 aliphatic rings. The molecule has 0 amide bonds. The van der Waals surface area contributed by atoms with Gasteiger partial charge in [-0.1, -0.05) is 6.92 Å². The van der Waals surface area contributed by atoms with Crippen molar-refractivity contribution in [2.45, 2.75) is 45.1 Å². The second-order valence-corrected chi connectivity index (χ2v) is 4.74. The van der Waals surface area contributed by atoms with Gasteiger partial charge in [-0.05, 0) is 61.4 Å². The van der Waals surface area contributed by atoms with Crippen LogP contribution in [-0.4, -0.2) is 11.2 Å². The Morgan fingerprint density at radius 3 is 2.65 bits per heavy atom. The fourth-order valence-electron chi connectivity index (χ4n) is 2.56. The van der Waals surface area contributed by atoms with Crippen LogP contribution in [0.4, 0.5) is 0 Å². The first-order valence-electron chi connectivity index (χ1n) is 6.05. The van der Waals surface area contributed by atoms with Crippen LogP contribution < -0.4 is 0 Å². The number of aliphatic imine (C=N–C) groups is 1. The second kappa shape index (κ2) is 4.34. The summed E-state index contributed by atoms with van der Waals surface area (Å²) in [7, 11) is 0. The number of hydrogen-bond acceptors (Lipinski definition) is 3. The van der Waals surface area contributed by atoms with Crippen molar-refractivity contribution >= 4 is 6.08 Å². The third-order valence-electron chi connectivity index (χ3n) is 3.75. The molecule has 1 fully saturated rings. The molecular weight excluding hydrogens is 214 g/mol. The van der Waals surface area contributed by atoms with Crippen LogP contribution in [0.2, 0.25) is 0 Å². The quantitative estimate of drug-likeness (QED) is 0.642. The van der Waals surface area contributed by atoms with Crippen molar-refractivity contribution in [2.75, 3.05) is 0 Å². The van der Waals surface area contributed by atoms with Gasteiger partial charge in [-0.25, -0.2) is 4.79 Å². The van der Waals surface area contributed by atoms with Crippen molar-refractivity contribution < 1.29 is 9.90 Å². The van der Waals surface area contributed by atoms with Crippen LogP contribution in [0.25, 0.3) is 0 Å². The van der Waals surface area contributed by atoms with E-state index >= 15 is 0 Å². The Balaban J connectivity index is 2.54. The van der Waals surface area contributed by atoms with Crippen LogP contribution in [0.5, 0.6) is 5.75 Å². The topological polar surface area (TPSA) is 49.7 Å². The third-order valence-corrected chi connectivity index (χ3v) is 3.75. The lowest BCUT2D eigenvalue weighted by molar-refractivity contribution is 0.254. The van der Waals surface area contributed by atoms with Crippen LogP contribution in [0, 0.1) is 6.92 Å². The van der Waals surface area contributed by atoms with Crippen molar-refractivity contribution in [3.05, 3.63) is 28.8 Å². The Morgan fingerprint density at radius 1 is 1.47 bits per heavy atom. The van der Waals surface area contributed by atoms with Gasteiger partial charge in [0.25, 0.3) is 0 Å². The number of phenols is 1. The van der Waals surface area contributed by atoms with Crippen LogP contribution in [0.15, 0.2) is 17.1 Å². The average molecular weight is 231 g/mol. The molecule has 0 bridgehead atoms. The Bertz CT molecular complexity index is 483. The van der Waals surface area contributed by atoms with Gasteiger partial charge >= 0.3 is 0 Å². The first-order chi connectivity index (χ1) is 8.13. The summed E-state index contributed by atoms with van der Waals surface area (Å²) in [5, 5.41) is 9.79. The molecule has 0 atom stereocenters. The Labute approximate surface area is 101 Å². The maximum atomic E-state index is 10.6. The molecule has 0 spiro atoms. The maximum absolute atomic E-state index is 10.6. The lowest BCUT2D eigenvalue weighted by Crippen LogP contribution is -2.32. The molecule has 0 aliphatic heterocycles. The first kappa shape index (κ1) is 11.9. The monoisotopic (exact) mass is 231 g/mol. The molecule has 3 nitrogen and oxygen atoms in total. The SMILES string of the molecule is CCc1cc(C2(N=C=O)CCC2)c(C)cc1O. The molecule has 0 aromatic heterocycles. The molecule has 0 unspecified atom stereocenters. The van der Waals surface area contributed by atoms with Gasteiger partial charge in [-0.3, -0.25) is 0 Å². The largest absolute Gasteiger partial charge is 0.508 e. The van der Waals surface area contributed by atoms with Crippen LogP contribution in [-0.2, 0) is 16.8 Å². The van der Waals surface area contributed by atoms with Gasteiger partial charge in [0, 0.05) is 0 Å². The van der Waals surface area contributed by atoms with E-state index in [1.807, 2.05) is 19.9 Å². The Hall–Kier alpha value is -1.60. The molecule has 0 saturated heterocycles. The number of aromatic hydroxyl groups is 1. The summed E-state index contributed by atoms with van der Waals surface area (Å²) in [5.74, 6) is 0.332. The number of nitrogens with zero attached hydrogens (tertiary/aromatic N) is 1. The standard InChI is InChI=1S/C14H17NO2/c1-3-11-8-12(10(2)7-13(11)17)14(15-9-16)5-4-6-14/h7-8,17H,3-6H2,1-2H3. The molecule has 1 aliphatic carbocycles. The summed E-state index contributed by atoms with van der Waals surface area (Å²) in [4.78, 5) is 14.6. The smallest absolute Gasteiger partial charge is 0.235 e. The second-order valence-electron chi connectivity index (χ2n) is 4.74. The summed E-state index contributed by atoms with van der Waals surface area (Å²) in [6, 6.07) is 3.76.